The second-order valence-electron chi connectivity index (χ2n) is 6.86. The van der Waals surface area contributed by atoms with Gasteiger partial charge in [-0.25, -0.2) is 0 Å². The Morgan fingerprint density at radius 1 is 0.903 bits per heavy atom. The zero-order valence-electron chi connectivity index (χ0n) is 16.6. The predicted molar refractivity (Wildman–Crippen MR) is 126 cm³/mol. The Kier molecular flexibility index (Phi) is 6.23. The van der Waals surface area contributed by atoms with E-state index in [2.05, 4.69) is 29.4 Å². The first-order valence-corrected chi connectivity index (χ1v) is 10.9. The molecule has 31 heavy (non-hydrogen) atoms. The fourth-order valence-corrected chi connectivity index (χ4v) is 4.05. The number of nitrogens with zero attached hydrogens (tertiary/aromatic N) is 2. The molecule has 0 bridgehead atoms. The lowest BCUT2D eigenvalue weighted by atomic mass is 10.1. The number of benzene rings is 3. The summed E-state index contributed by atoms with van der Waals surface area (Å²) in [6.07, 6.45) is 0. The molecule has 0 radical (unpaired) electrons. The van der Waals surface area contributed by atoms with Crippen LogP contribution in [0.1, 0.15) is 21.5 Å². The maximum atomic E-state index is 12.4. The molecule has 1 amide bonds. The van der Waals surface area contributed by atoms with Gasteiger partial charge in [-0.15, -0.1) is 10.2 Å². The molecule has 1 heterocycles. The lowest BCUT2D eigenvalue weighted by Crippen LogP contribution is -2.12. The van der Waals surface area contributed by atoms with Crippen LogP contribution in [0.3, 0.4) is 0 Å². The lowest BCUT2D eigenvalue weighted by molar-refractivity contribution is 0.102. The van der Waals surface area contributed by atoms with E-state index in [1.54, 1.807) is 12.1 Å². The zero-order chi connectivity index (χ0) is 22.0. The van der Waals surface area contributed by atoms with Gasteiger partial charge < -0.3 is 4.74 Å². The smallest absolute Gasteiger partial charge is 0.259 e. The molecular weight excluding hydrogens is 453 g/mol. The SMILES string of the molecule is Cc1ccc(Oc2ccc(-c3nnc(NC(=O)c4ccc(Cl)cc4Cl)s3)cc2)cc1C. The number of halogens is 2. The average Bonchev–Trinajstić information content (AvgIpc) is 3.19. The van der Waals surface area contributed by atoms with E-state index in [1.165, 1.54) is 28.5 Å². The highest BCUT2D eigenvalue weighted by Gasteiger charge is 2.14. The van der Waals surface area contributed by atoms with Gasteiger partial charge in [0.05, 0.1) is 10.6 Å². The summed E-state index contributed by atoms with van der Waals surface area (Å²) in [5.74, 6) is 1.14. The number of aromatic nitrogens is 2. The molecule has 4 rings (SSSR count). The van der Waals surface area contributed by atoms with Gasteiger partial charge in [-0.3, -0.25) is 10.1 Å². The molecule has 156 valence electrons. The minimum absolute atomic E-state index is 0.272. The average molecular weight is 470 g/mol. The predicted octanol–water partition coefficient (Wildman–Crippen LogP) is 7.17. The Morgan fingerprint density at radius 2 is 1.65 bits per heavy atom. The summed E-state index contributed by atoms with van der Waals surface area (Å²) < 4.78 is 5.92. The minimum atomic E-state index is -0.374. The number of carbonyl (C=O) groups excluding carboxylic acids is 1. The first kappa shape index (κ1) is 21.3. The van der Waals surface area contributed by atoms with Crippen LogP contribution < -0.4 is 10.1 Å². The topological polar surface area (TPSA) is 64.1 Å². The standard InChI is InChI=1S/C23H17Cl2N3O2S/c1-13-3-7-18(11-14(13)2)30-17-8-4-15(5-9-17)22-27-28-23(31-22)26-21(29)19-10-6-16(24)12-20(19)25/h3-12H,1-2H3,(H,26,28,29). The van der Waals surface area contributed by atoms with Crippen LogP contribution in [0.5, 0.6) is 11.5 Å². The highest BCUT2D eigenvalue weighted by Crippen LogP contribution is 2.30. The highest BCUT2D eigenvalue weighted by molar-refractivity contribution is 7.18. The number of amides is 1. The number of rotatable bonds is 5. The Hall–Kier alpha value is -2.93. The highest BCUT2D eigenvalue weighted by atomic mass is 35.5. The number of ether oxygens (including phenoxy) is 1. The Bertz CT molecular complexity index is 1260. The lowest BCUT2D eigenvalue weighted by Gasteiger charge is -2.08. The quantitative estimate of drug-likeness (QED) is 0.336. The summed E-state index contributed by atoms with van der Waals surface area (Å²) in [5, 5.41) is 12.7. The van der Waals surface area contributed by atoms with E-state index in [4.69, 9.17) is 27.9 Å². The summed E-state index contributed by atoms with van der Waals surface area (Å²) in [5.41, 5.74) is 3.59. The Labute approximate surface area is 193 Å². The van der Waals surface area contributed by atoms with Gasteiger partial charge >= 0.3 is 0 Å². The number of hydrogen-bond acceptors (Lipinski definition) is 5. The second-order valence-corrected chi connectivity index (χ2v) is 8.68. The van der Waals surface area contributed by atoms with Crippen molar-refractivity contribution in [3.8, 4) is 22.1 Å². The molecule has 3 aromatic carbocycles. The van der Waals surface area contributed by atoms with E-state index < -0.39 is 0 Å². The summed E-state index contributed by atoms with van der Waals surface area (Å²) in [4.78, 5) is 12.4. The van der Waals surface area contributed by atoms with Crippen LogP contribution in [0.25, 0.3) is 10.6 Å². The van der Waals surface area contributed by atoms with E-state index in [1.807, 2.05) is 42.5 Å². The molecule has 0 aliphatic rings. The van der Waals surface area contributed by atoms with Crippen molar-refractivity contribution >= 4 is 45.6 Å². The third kappa shape index (κ3) is 5.05. The van der Waals surface area contributed by atoms with E-state index in [0.29, 0.717) is 20.7 Å². The first-order chi connectivity index (χ1) is 14.9. The molecule has 0 aliphatic carbocycles. The first-order valence-electron chi connectivity index (χ1n) is 9.34. The molecule has 0 saturated carbocycles. The van der Waals surface area contributed by atoms with Gasteiger partial charge in [0.1, 0.15) is 16.5 Å². The fourth-order valence-electron chi connectivity index (χ4n) is 2.81. The molecule has 0 aliphatic heterocycles. The molecule has 0 unspecified atom stereocenters. The molecule has 0 spiro atoms. The molecular formula is C23H17Cl2N3O2S. The van der Waals surface area contributed by atoms with E-state index >= 15 is 0 Å². The molecule has 5 nitrogen and oxygen atoms in total. The van der Waals surface area contributed by atoms with Gasteiger partial charge in [0.15, 0.2) is 0 Å². The van der Waals surface area contributed by atoms with Crippen LogP contribution in [0.4, 0.5) is 5.13 Å². The maximum Gasteiger partial charge on any atom is 0.259 e. The summed E-state index contributed by atoms with van der Waals surface area (Å²) in [6.45, 7) is 4.12. The minimum Gasteiger partial charge on any atom is -0.457 e. The normalized spacial score (nSPS) is 10.7. The van der Waals surface area contributed by atoms with E-state index in [9.17, 15) is 4.79 Å². The monoisotopic (exact) mass is 469 g/mol. The molecule has 0 saturated heterocycles. The summed E-state index contributed by atoms with van der Waals surface area (Å²) >= 11 is 13.2. The van der Waals surface area contributed by atoms with Gasteiger partial charge in [-0.05, 0) is 79.6 Å². The Morgan fingerprint density at radius 3 is 2.35 bits per heavy atom. The zero-order valence-corrected chi connectivity index (χ0v) is 19.0. The summed E-state index contributed by atoms with van der Waals surface area (Å²) in [6, 6.07) is 18.2. The van der Waals surface area contributed by atoms with Crippen LogP contribution in [-0.2, 0) is 0 Å². The van der Waals surface area contributed by atoms with Crippen molar-refractivity contribution in [2.75, 3.05) is 5.32 Å². The van der Waals surface area contributed by atoms with Crippen molar-refractivity contribution in [2.24, 2.45) is 0 Å². The van der Waals surface area contributed by atoms with Crippen LogP contribution in [-0.4, -0.2) is 16.1 Å². The third-order valence-corrected chi connectivity index (χ3v) is 6.07. The number of aryl methyl sites for hydroxylation is 2. The summed E-state index contributed by atoms with van der Waals surface area (Å²) in [7, 11) is 0. The molecule has 8 heteroatoms. The molecule has 1 aromatic heterocycles. The number of hydrogen-bond donors (Lipinski definition) is 1. The van der Waals surface area contributed by atoms with Gasteiger partial charge in [0, 0.05) is 10.6 Å². The number of anilines is 1. The van der Waals surface area contributed by atoms with Gasteiger partial charge in [0.2, 0.25) is 5.13 Å². The third-order valence-electron chi connectivity index (χ3n) is 4.64. The maximum absolute atomic E-state index is 12.4. The second kappa shape index (κ2) is 9.06. The van der Waals surface area contributed by atoms with Gasteiger partial charge in [-0.2, -0.15) is 0 Å². The molecule has 0 fully saturated rings. The van der Waals surface area contributed by atoms with Crippen molar-refractivity contribution in [1.29, 1.82) is 0 Å². The Balaban J connectivity index is 1.45. The largest absolute Gasteiger partial charge is 0.457 e. The van der Waals surface area contributed by atoms with Crippen LogP contribution in [0.2, 0.25) is 10.0 Å². The van der Waals surface area contributed by atoms with Crippen molar-refractivity contribution < 1.29 is 9.53 Å². The van der Waals surface area contributed by atoms with E-state index in [0.717, 1.165) is 17.1 Å². The molecule has 0 atom stereocenters. The fraction of sp³-hybridized carbons (Fsp3) is 0.0870. The molecule has 4 aromatic rings. The van der Waals surface area contributed by atoms with Crippen molar-refractivity contribution in [2.45, 2.75) is 13.8 Å². The van der Waals surface area contributed by atoms with Gasteiger partial charge in [-0.1, -0.05) is 40.6 Å². The van der Waals surface area contributed by atoms with Crippen LogP contribution in [0.15, 0.2) is 60.7 Å². The van der Waals surface area contributed by atoms with E-state index in [-0.39, 0.29) is 10.9 Å². The van der Waals surface area contributed by atoms with Gasteiger partial charge in [0.25, 0.3) is 5.91 Å². The molecule has 1 N–H and O–H groups in total. The van der Waals surface area contributed by atoms with Crippen molar-refractivity contribution in [3.05, 3.63) is 87.4 Å². The van der Waals surface area contributed by atoms with Crippen LogP contribution in [0, 0.1) is 13.8 Å². The number of nitrogens with one attached hydrogen (secondary N) is 1. The van der Waals surface area contributed by atoms with Crippen LogP contribution >= 0.6 is 34.5 Å². The number of carbonyl (C=O) groups is 1. The van der Waals surface area contributed by atoms with Crippen molar-refractivity contribution in [3.63, 3.8) is 0 Å². The van der Waals surface area contributed by atoms with Crippen molar-refractivity contribution in [1.82, 2.24) is 10.2 Å².